The maximum atomic E-state index is 12.6. The number of aliphatic hydroxyl groups is 1. The van der Waals surface area contributed by atoms with Crippen LogP contribution in [0.5, 0.6) is 5.75 Å². The van der Waals surface area contributed by atoms with Gasteiger partial charge in [0.25, 0.3) is 0 Å². The van der Waals surface area contributed by atoms with Gasteiger partial charge < -0.3 is 40.2 Å². The van der Waals surface area contributed by atoms with Crippen molar-refractivity contribution in [1.29, 1.82) is 0 Å². The molecule has 2 rings (SSSR count). The number of rotatable bonds is 6. The van der Waals surface area contributed by atoms with Crippen LogP contribution in [0, 0.1) is 11.8 Å². The number of nitrogens with two attached hydrogens (primary N) is 1. The van der Waals surface area contributed by atoms with Gasteiger partial charge in [-0.1, -0.05) is 26.0 Å². The van der Waals surface area contributed by atoms with Gasteiger partial charge in [0, 0.05) is 31.9 Å². The molecule has 0 saturated heterocycles. The molecule has 1 heterocycles. The predicted octanol–water partition coefficient (Wildman–Crippen LogP) is 3.44. The molecule has 6 atom stereocenters. The van der Waals surface area contributed by atoms with E-state index in [1.54, 1.807) is 32.2 Å². The highest BCUT2D eigenvalue weighted by Crippen LogP contribution is 2.27. The molecule has 2 bridgehead atoms. The van der Waals surface area contributed by atoms with E-state index in [4.69, 9.17) is 29.8 Å². The zero-order valence-electron chi connectivity index (χ0n) is 23.8. The van der Waals surface area contributed by atoms with Crippen molar-refractivity contribution in [1.82, 2.24) is 0 Å². The number of aliphatic carboxylic acids is 1. The highest BCUT2D eigenvalue weighted by molar-refractivity contribution is 5.99. The fourth-order valence-corrected chi connectivity index (χ4v) is 4.90. The van der Waals surface area contributed by atoms with Crippen LogP contribution in [0.1, 0.15) is 45.6 Å². The van der Waals surface area contributed by atoms with Crippen LogP contribution in [-0.4, -0.2) is 73.4 Å². The summed E-state index contributed by atoms with van der Waals surface area (Å²) in [4.78, 5) is 35.3. The smallest absolute Gasteiger partial charge is 0.405 e. The lowest BCUT2D eigenvalue weighted by Crippen LogP contribution is -2.37. The molecule has 11 nitrogen and oxygen atoms in total. The minimum atomic E-state index is -1.11. The number of carbonyl (C=O) groups is 3. The number of amides is 2. The second-order valence-corrected chi connectivity index (χ2v) is 10.2. The first-order valence-electron chi connectivity index (χ1n) is 13.3. The molecule has 0 saturated carbocycles. The maximum Gasteiger partial charge on any atom is 0.405 e. The summed E-state index contributed by atoms with van der Waals surface area (Å²) in [5.41, 5.74) is 7.30. The molecule has 2 amide bonds. The summed E-state index contributed by atoms with van der Waals surface area (Å²) in [6, 6.07) is 5.11. The van der Waals surface area contributed by atoms with E-state index in [0.29, 0.717) is 42.7 Å². The number of nitrogens with one attached hydrogen (secondary N) is 1. The Morgan fingerprint density at radius 2 is 1.82 bits per heavy atom. The van der Waals surface area contributed by atoms with Gasteiger partial charge in [-0.2, -0.15) is 0 Å². The molecule has 1 aromatic carbocycles. The summed E-state index contributed by atoms with van der Waals surface area (Å²) in [7, 11) is 3.04. The third kappa shape index (κ3) is 10.6. The molecule has 0 unspecified atom stereocenters. The first kappa shape index (κ1) is 32.8. The lowest BCUT2D eigenvalue weighted by molar-refractivity contribution is -0.139. The third-order valence-corrected chi connectivity index (χ3v) is 6.78. The number of ether oxygens (including phenoxy) is 4. The molecule has 5 N–H and O–H groups in total. The van der Waals surface area contributed by atoms with Crippen LogP contribution in [0.25, 0.3) is 0 Å². The SMILES string of the molecule is CO[C@H]1CC/C=C/C(=O)Nc2cc(cc(OCC(=O)O)c2)C[C@@H](C)C[C@@H](OC)[C@H](O)[C@@H](C)/C=C(\C)[C@@H]1OC(N)=O. The third-order valence-electron chi connectivity index (χ3n) is 6.78. The number of carboxylic acid groups (broad SMARTS) is 1. The number of allylic oxidation sites excluding steroid dienone is 1. The molecule has 11 heteroatoms. The Balaban J connectivity index is 2.45. The molecule has 222 valence electrons. The maximum absolute atomic E-state index is 12.6. The first-order chi connectivity index (χ1) is 18.9. The quantitative estimate of drug-likeness (QED) is 0.380. The van der Waals surface area contributed by atoms with Crippen molar-refractivity contribution in [3.05, 3.63) is 47.6 Å². The van der Waals surface area contributed by atoms with Crippen molar-refractivity contribution in [3.8, 4) is 5.75 Å². The van der Waals surface area contributed by atoms with Crippen molar-refractivity contribution in [3.63, 3.8) is 0 Å². The van der Waals surface area contributed by atoms with Crippen molar-refractivity contribution < 1.29 is 43.5 Å². The lowest BCUT2D eigenvalue weighted by Gasteiger charge is -2.30. The summed E-state index contributed by atoms with van der Waals surface area (Å²) in [6.45, 7) is 5.14. The van der Waals surface area contributed by atoms with Gasteiger partial charge in [-0.25, -0.2) is 9.59 Å². The fourth-order valence-electron chi connectivity index (χ4n) is 4.90. The van der Waals surface area contributed by atoms with E-state index in [0.717, 1.165) is 5.56 Å². The summed E-state index contributed by atoms with van der Waals surface area (Å²) in [5, 5.41) is 23.0. The molecule has 0 spiro atoms. The number of carboxylic acids is 1. The lowest BCUT2D eigenvalue weighted by atomic mass is 9.88. The number of hydrogen-bond acceptors (Lipinski definition) is 8. The molecule has 0 aromatic heterocycles. The van der Waals surface area contributed by atoms with Crippen LogP contribution in [0.4, 0.5) is 10.5 Å². The summed E-state index contributed by atoms with van der Waals surface area (Å²) in [6.07, 6.45) is 3.19. The normalized spacial score (nSPS) is 28.9. The summed E-state index contributed by atoms with van der Waals surface area (Å²) >= 11 is 0. The molecular formula is C29H42N2O9. The number of carbonyl (C=O) groups excluding carboxylic acids is 2. The Morgan fingerprint density at radius 1 is 1.12 bits per heavy atom. The van der Waals surface area contributed by atoms with Crippen molar-refractivity contribution in [2.24, 2.45) is 17.6 Å². The minimum Gasteiger partial charge on any atom is -0.482 e. The second-order valence-electron chi connectivity index (χ2n) is 10.2. The van der Waals surface area contributed by atoms with Crippen LogP contribution in [0.3, 0.4) is 0 Å². The molecule has 1 aliphatic heterocycles. The van der Waals surface area contributed by atoms with Crippen molar-refractivity contribution in [2.75, 3.05) is 26.1 Å². The van der Waals surface area contributed by atoms with Crippen molar-refractivity contribution >= 4 is 23.7 Å². The van der Waals surface area contributed by atoms with E-state index in [9.17, 15) is 19.5 Å². The second kappa shape index (κ2) is 16.0. The largest absolute Gasteiger partial charge is 0.482 e. The average molecular weight is 563 g/mol. The Kier molecular flexibility index (Phi) is 13.1. The molecular weight excluding hydrogens is 520 g/mol. The molecule has 0 aliphatic carbocycles. The van der Waals surface area contributed by atoms with Gasteiger partial charge >= 0.3 is 12.1 Å². The van der Waals surface area contributed by atoms with E-state index in [1.807, 2.05) is 26.0 Å². The summed E-state index contributed by atoms with van der Waals surface area (Å²) in [5.74, 6) is -1.48. The zero-order chi connectivity index (χ0) is 29.8. The van der Waals surface area contributed by atoms with E-state index in [1.165, 1.54) is 13.2 Å². The van der Waals surface area contributed by atoms with Gasteiger partial charge in [-0.3, -0.25) is 4.79 Å². The number of benzene rings is 1. The number of fused-ring (bicyclic) bond motifs is 2. The van der Waals surface area contributed by atoms with Gasteiger partial charge in [-0.05, 0) is 67.9 Å². The molecule has 0 fully saturated rings. The first-order valence-corrected chi connectivity index (χ1v) is 13.3. The molecule has 1 aromatic rings. The van der Waals surface area contributed by atoms with Crippen LogP contribution < -0.4 is 15.8 Å². The average Bonchev–Trinajstić information content (AvgIpc) is 2.88. The standard InChI is InChI=1S/C29H42N2O9/c1-17-10-20-13-21(15-22(14-20)39-16-26(33)34)31-25(32)9-7-6-8-23(37-4)28(40-29(30)36)19(3)12-18(2)27(35)24(11-17)38-5/h7,9,12-15,17-18,23-24,27-28,35H,6,8,10-11,16H2,1-5H3,(H2,30,36)(H,31,32)(H,33,34)/b9-7+,19-12+/t17-,18+,23+,24-,27-,28+/m1/s1. The topological polar surface area (TPSA) is 167 Å². The van der Waals surface area contributed by atoms with Gasteiger partial charge in [-0.15, -0.1) is 0 Å². The fraction of sp³-hybridized carbons (Fsp3) is 0.552. The van der Waals surface area contributed by atoms with E-state index >= 15 is 0 Å². The Bertz CT molecular complexity index is 1070. The van der Waals surface area contributed by atoms with Gasteiger partial charge in [0.05, 0.1) is 18.3 Å². The Morgan fingerprint density at radius 3 is 2.45 bits per heavy atom. The summed E-state index contributed by atoms with van der Waals surface area (Å²) < 4.78 is 22.1. The van der Waals surface area contributed by atoms with Crippen LogP contribution in [0.2, 0.25) is 0 Å². The minimum absolute atomic E-state index is 0.0425. The van der Waals surface area contributed by atoms with Gasteiger partial charge in [0.1, 0.15) is 5.75 Å². The number of anilines is 1. The van der Waals surface area contributed by atoms with Crippen LogP contribution >= 0.6 is 0 Å². The highest BCUT2D eigenvalue weighted by Gasteiger charge is 2.29. The zero-order valence-corrected chi connectivity index (χ0v) is 23.8. The Hall–Kier alpha value is -3.41. The van der Waals surface area contributed by atoms with Crippen LogP contribution in [-0.2, 0) is 30.2 Å². The van der Waals surface area contributed by atoms with Crippen LogP contribution in [0.15, 0.2) is 42.0 Å². The van der Waals surface area contributed by atoms with Crippen molar-refractivity contribution in [2.45, 2.75) is 70.9 Å². The number of primary amides is 1. The molecule has 1 aliphatic rings. The number of aliphatic hydroxyl groups excluding tert-OH is 1. The Labute approximate surface area is 235 Å². The van der Waals surface area contributed by atoms with E-state index < -0.39 is 43.1 Å². The van der Waals surface area contributed by atoms with Gasteiger partial charge in [0.2, 0.25) is 5.91 Å². The van der Waals surface area contributed by atoms with Gasteiger partial charge in [0.15, 0.2) is 12.7 Å². The number of hydrogen-bond donors (Lipinski definition) is 4. The molecule has 0 radical (unpaired) electrons. The number of methoxy groups -OCH3 is 2. The monoisotopic (exact) mass is 562 g/mol. The predicted molar refractivity (Wildman–Crippen MR) is 149 cm³/mol. The molecule has 40 heavy (non-hydrogen) atoms. The van der Waals surface area contributed by atoms with E-state index in [2.05, 4.69) is 5.32 Å². The van der Waals surface area contributed by atoms with E-state index in [-0.39, 0.29) is 17.7 Å². The highest BCUT2D eigenvalue weighted by atomic mass is 16.6.